The second-order valence-electron chi connectivity index (χ2n) is 5.05. The number of hydrogen-bond donors (Lipinski definition) is 2. The van der Waals surface area contributed by atoms with Crippen LogP contribution in [0, 0.1) is 5.92 Å². The predicted molar refractivity (Wildman–Crippen MR) is 75.1 cm³/mol. The molecule has 0 saturated carbocycles. The average Bonchev–Trinajstić information content (AvgIpc) is 2.42. The fourth-order valence-electron chi connectivity index (χ4n) is 2.27. The average molecular weight is 263 g/mol. The highest BCUT2D eigenvalue weighted by Crippen LogP contribution is 2.34. The van der Waals surface area contributed by atoms with Gasteiger partial charge in [0.15, 0.2) is 6.61 Å². The zero-order chi connectivity index (χ0) is 14.0. The smallest absolute Gasteiger partial charge is 0.264 e. The van der Waals surface area contributed by atoms with E-state index >= 15 is 0 Å². The number of carbonyl (C=O) groups is 1. The van der Waals surface area contributed by atoms with E-state index in [9.17, 15) is 4.79 Å². The van der Waals surface area contributed by atoms with Crippen molar-refractivity contribution in [2.75, 3.05) is 25.1 Å². The Morgan fingerprint density at radius 2 is 2.21 bits per heavy atom. The minimum absolute atomic E-state index is 0.0479. The van der Waals surface area contributed by atoms with Crippen LogP contribution in [-0.2, 0) is 4.79 Å². The molecule has 19 heavy (non-hydrogen) atoms. The van der Waals surface area contributed by atoms with Gasteiger partial charge < -0.3 is 21.1 Å². The summed E-state index contributed by atoms with van der Waals surface area (Å²) < 4.78 is 5.40. The van der Waals surface area contributed by atoms with Gasteiger partial charge in [0.1, 0.15) is 5.75 Å². The molecule has 1 heterocycles. The SMILES string of the molecule is CC(CCN)C(N)c1ccc2c(c1)N(C)C(=O)CO2. The highest BCUT2D eigenvalue weighted by molar-refractivity contribution is 5.97. The second-order valence-corrected chi connectivity index (χ2v) is 5.05. The summed E-state index contributed by atoms with van der Waals surface area (Å²) in [5, 5.41) is 0. The van der Waals surface area contributed by atoms with Crippen molar-refractivity contribution in [1.82, 2.24) is 0 Å². The maximum atomic E-state index is 11.6. The summed E-state index contributed by atoms with van der Waals surface area (Å²) in [4.78, 5) is 13.2. The molecule has 0 saturated heterocycles. The van der Waals surface area contributed by atoms with Crippen molar-refractivity contribution in [3.05, 3.63) is 23.8 Å². The lowest BCUT2D eigenvalue weighted by Gasteiger charge is -2.28. The van der Waals surface area contributed by atoms with Crippen LogP contribution < -0.4 is 21.1 Å². The first-order valence-electron chi connectivity index (χ1n) is 6.53. The van der Waals surface area contributed by atoms with Gasteiger partial charge in [-0.05, 0) is 36.6 Å². The summed E-state index contributed by atoms with van der Waals surface area (Å²) in [6.45, 7) is 2.81. The van der Waals surface area contributed by atoms with Crippen LogP contribution in [0.5, 0.6) is 5.75 Å². The number of nitrogens with two attached hydrogens (primary N) is 2. The zero-order valence-electron chi connectivity index (χ0n) is 11.4. The molecule has 5 heteroatoms. The first-order valence-corrected chi connectivity index (χ1v) is 6.53. The third-order valence-corrected chi connectivity index (χ3v) is 3.69. The summed E-state index contributed by atoms with van der Waals surface area (Å²) in [7, 11) is 1.75. The molecule has 2 rings (SSSR count). The van der Waals surface area contributed by atoms with Gasteiger partial charge in [0.25, 0.3) is 5.91 Å². The Kier molecular flexibility index (Phi) is 4.07. The lowest BCUT2D eigenvalue weighted by molar-refractivity contribution is -0.120. The monoisotopic (exact) mass is 263 g/mol. The standard InChI is InChI=1S/C14H21N3O2/c1-9(5-6-15)14(16)10-3-4-12-11(7-10)17(2)13(18)8-19-12/h3-4,7,9,14H,5-6,8,15-16H2,1-2H3. The summed E-state index contributed by atoms with van der Waals surface area (Å²) in [5.41, 5.74) is 13.6. The van der Waals surface area contributed by atoms with E-state index in [4.69, 9.17) is 16.2 Å². The molecule has 2 atom stereocenters. The predicted octanol–water partition coefficient (Wildman–Crippen LogP) is 1.03. The Bertz CT molecular complexity index is 476. The first kappa shape index (κ1) is 13.8. The van der Waals surface area contributed by atoms with Crippen LogP contribution in [0.15, 0.2) is 18.2 Å². The van der Waals surface area contributed by atoms with E-state index in [1.807, 2.05) is 18.2 Å². The van der Waals surface area contributed by atoms with Crippen LogP contribution in [-0.4, -0.2) is 26.1 Å². The molecule has 0 bridgehead atoms. The van der Waals surface area contributed by atoms with E-state index in [1.165, 1.54) is 0 Å². The number of anilines is 1. The lowest BCUT2D eigenvalue weighted by atomic mass is 9.92. The molecule has 0 radical (unpaired) electrons. The van der Waals surface area contributed by atoms with E-state index in [0.717, 1.165) is 23.4 Å². The van der Waals surface area contributed by atoms with Crippen molar-refractivity contribution in [2.24, 2.45) is 17.4 Å². The van der Waals surface area contributed by atoms with Crippen molar-refractivity contribution in [3.63, 3.8) is 0 Å². The number of ether oxygens (including phenoxy) is 1. The Labute approximate surface area is 113 Å². The normalized spacial score (nSPS) is 17.7. The molecule has 0 aliphatic carbocycles. The number of amides is 1. The molecule has 1 aliphatic heterocycles. The minimum atomic E-state index is -0.0840. The van der Waals surface area contributed by atoms with Gasteiger partial charge in [-0.15, -0.1) is 0 Å². The molecule has 0 spiro atoms. The number of rotatable bonds is 4. The van der Waals surface area contributed by atoms with Crippen LogP contribution in [0.1, 0.15) is 24.9 Å². The fraction of sp³-hybridized carbons (Fsp3) is 0.500. The largest absolute Gasteiger partial charge is 0.482 e. The molecule has 5 nitrogen and oxygen atoms in total. The van der Waals surface area contributed by atoms with Crippen molar-refractivity contribution in [3.8, 4) is 5.75 Å². The van der Waals surface area contributed by atoms with Gasteiger partial charge in [0, 0.05) is 13.1 Å². The Morgan fingerprint density at radius 1 is 1.47 bits per heavy atom. The lowest BCUT2D eigenvalue weighted by Crippen LogP contribution is -2.35. The number of nitrogens with zero attached hydrogens (tertiary/aromatic N) is 1. The van der Waals surface area contributed by atoms with Crippen LogP contribution >= 0.6 is 0 Å². The Balaban J connectivity index is 2.27. The van der Waals surface area contributed by atoms with Gasteiger partial charge in [0.05, 0.1) is 5.69 Å². The second kappa shape index (κ2) is 5.59. The summed E-state index contributed by atoms with van der Waals surface area (Å²) >= 11 is 0. The molecule has 4 N–H and O–H groups in total. The van der Waals surface area contributed by atoms with Gasteiger partial charge in [-0.25, -0.2) is 0 Å². The Hall–Kier alpha value is -1.59. The number of carbonyl (C=O) groups excluding carboxylic acids is 1. The molecule has 0 aromatic heterocycles. The number of fused-ring (bicyclic) bond motifs is 1. The molecular weight excluding hydrogens is 242 g/mol. The quantitative estimate of drug-likeness (QED) is 0.850. The van der Waals surface area contributed by atoms with E-state index in [0.29, 0.717) is 12.5 Å². The van der Waals surface area contributed by atoms with Gasteiger partial charge >= 0.3 is 0 Å². The molecule has 2 unspecified atom stereocenters. The molecular formula is C14H21N3O2. The highest BCUT2D eigenvalue weighted by atomic mass is 16.5. The van der Waals surface area contributed by atoms with Crippen molar-refractivity contribution in [1.29, 1.82) is 0 Å². The topological polar surface area (TPSA) is 81.6 Å². The molecule has 1 aliphatic rings. The molecule has 1 amide bonds. The molecule has 104 valence electrons. The zero-order valence-corrected chi connectivity index (χ0v) is 11.4. The van der Waals surface area contributed by atoms with E-state index < -0.39 is 0 Å². The van der Waals surface area contributed by atoms with Gasteiger partial charge in [-0.3, -0.25) is 4.79 Å². The maximum Gasteiger partial charge on any atom is 0.264 e. The van der Waals surface area contributed by atoms with Crippen LogP contribution in [0.3, 0.4) is 0 Å². The first-order chi connectivity index (χ1) is 9.04. The van der Waals surface area contributed by atoms with E-state index in [1.54, 1.807) is 11.9 Å². The van der Waals surface area contributed by atoms with Gasteiger partial charge in [-0.2, -0.15) is 0 Å². The fourth-order valence-corrected chi connectivity index (χ4v) is 2.27. The number of benzene rings is 1. The number of hydrogen-bond acceptors (Lipinski definition) is 4. The van der Waals surface area contributed by atoms with Crippen molar-refractivity contribution in [2.45, 2.75) is 19.4 Å². The van der Waals surface area contributed by atoms with Crippen LogP contribution in [0.4, 0.5) is 5.69 Å². The minimum Gasteiger partial charge on any atom is -0.482 e. The summed E-state index contributed by atoms with van der Waals surface area (Å²) in [5.74, 6) is 0.978. The third-order valence-electron chi connectivity index (χ3n) is 3.69. The van der Waals surface area contributed by atoms with Crippen molar-refractivity contribution < 1.29 is 9.53 Å². The van der Waals surface area contributed by atoms with Crippen molar-refractivity contribution >= 4 is 11.6 Å². The Morgan fingerprint density at radius 3 is 2.89 bits per heavy atom. The third kappa shape index (κ3) is 2.72. The molecule has 0 fully saturated rings. The number of likely N-dealkylation sites (N-methyl/N-ethyl adjacent to an activating group) is 1. The molecule has 1 aromatic carbocycles. The maximum absolute atomic E-state index is 11.6. The van der Waals surface area contributed by atoms with Gasteiger partial charge in [-0.1, -0.05) is 13.0 Å². The van der Waals surface area contributed by atoms with Crippen LogP contribution in [0.2, 0.25) is 0 Å². The van der Waals surface area contributed by atoms with E-state index in [2.05, 4.69) is 6.92 Å². The summed E-state index contributed by atoms with van der Waals surface area (Å²) in [6.07, 6.45) is 0.878. The molecule has 1 aromatic rings. The van der Waals surface area contributed by atoms with E-state index in [-0.39, 0.29) is 18.6 Å². The summed E-state index contributed by atoms with van der Waals surface area (Å²) in [6, 6.07) is 5.69. The van der Waals surface area contributed by atoms with Gasteiger partial charge in [0.2, 0.25) is 0 Å². The highest BCUT2D eigenvalue weighted by Gasteiger charge is 2.24. The van der Waals surface area contributed by atoms with Crippen LogP contribution in [0.25, 0.3) is 0 Å².